The Morgan fingerprint density at radius 3 is 2.54 bits per heavy atom. The fraction of sp³-hybridized carbons (Fsp3) is 0.625. The number of benzene rings is 1. The number of aromatic nitrogens is 2. The molecule has 0 aliphatic heterocycles. The van der Waals surface area contributed by atoms with E-state index in [-0.39, 0.29) is 31.2 Å². The first kappa shape index (κ1) is 32.4. The zero-order valence-corrected chi connectivity index (χ0v) is 25.2. The smallest absolute Gasteiger partial charge is 0.252 e. The fourth-order valence-electron chi connectivity index (χ4n) is 5.52. The summed E-state index contributed by atoms with van der Waals surface area (Å²) in [6.07, 6.45) is 7.18. The van der Waals surface area contributed by atoms with Crippen LogP contribution in [-0.2, 0) is 10.4 Å². The third-order valence-electron chi connectivity index (χ3n) is 8.00. The number of nitriles is 1. The second-order valence-electron chi connectivity index (χ2n) is 11.9. The maximum absolute atomic E-state index is 15.4. The number of unbranched alkanes of at least 4 members (excludes halogenated alkanes) is 2. The van der Waals surface area contributed by atoms with Gasteiger partial charge in [-0.2, -0.15) is 5.26 Å². The number of hydrogen-bond acceptors (Lipinski definition) is 6. The summed E-state index contributed by atoms with van der Waals surface area (Å²) in [4.78, 5) is 25.5. The first-order valence-corrected chi connectivity index (χ1v) is 14.9. The lowest BCUT2D eigenvalue weighted by Crippen LogP contribution is -2.46. The summed E-state index contributed by atoms with van der Waals surface area (Å²) in [6.45, 7) is 10.3. The normalized spacial score (nSPS) is 18.5. The summed E-state index contributed by atoms with van der Waals surface area (Å²) in [5, 5.41) is 19.7. The fourth-order valence-corrected chi connectivity index (χ4v) is 5.52. The van der Waals surface area contributed by atoms with Crippen molar-refractivity contribution >= 4 is 17.4 Å². The van der Waals surface area contributed by atoms with E-state index < -0.39 is 17.4 Å². The number of carbonyl (C=O) groups excluding carboxylic acids is 1. The van der Waals surface area contributed by atoms with Gasteiger partial charge in [0, 0.05) is 44.1 Å². The van der Waals surface area contributed by atoms with E-state index in [0.717, 1.165) is 30.5 Å². The number of aliphatic hydroxyl groups is 1. The summed E-state index contributed by atoms with van der Waals surface area (Å²) >= 11 is 0. The Morgan fingerprint density at radius 1 is 1.17 bits per heavy atom. The maximum atomic E-state index is 15.4. The monoisotopic (exact) mass is 569 g/mol. The summed E-state index contributed by atoms with van der Waals surface area (Å²) in [5.41, 5.74) is 1.53. The van der Waals surface area contributed by atoms with E-state index in [4.69, 9.17) is 0 Å². The Balaban J connectivity index is 1.85. The minimum absolute atomic E-state index is 0.114. The van der Waals surface area contributed by atoms with Gasteiger partial charge in [0.1, 0.15) is 5.60 Å². The molecule has 2 aromatic rings. The highest BCUT2D eigenvalue weighted by molar-refractivity contribution is 5.92. The lowest BCUT2D eigenvalue weighted by atomic mass is 9.78. The van der Waals surface area contributed by atoms with Crippen LogP contribution < -0.4 is 9.80 Å². The molecule has 0 spiro atoms. The largest absolute Gasteiger partial charge is 0.384 e. The van der Waals surface area contributed by atoms with Crippen LogP contribution >= 0.6 is 0 Å². The van der Waals surface area contributed by atoms with Crippen molar-refractivity contribution in [3.8, 4) is 6.07 Å². The summed E-state index contributed by atoms with van der Waals surface area (Å²) in [6, 6.07) is 7.62. The van der Waals surface area contributed by atoms with Gasteiger partial charge in [0.05, 0.1) is 29.7 Å². The number of hydrogen-bond donors (Lipinski definition) is 1. The number of halogens is 2. The molecule has 9 heteroatoms. The molecule has 1 saturated carbocycles. The molecule has 7 nitrogen and oxygen atoms in total. The molecule has 1 aromatic heterocycles. The zero-order valence-electron chi connectivity index (χ0n) is 25.2. The Bertz CT molecular complexity index is 1190. The Kier molecular flexibility index (Phi) is 11.2. The van der Waals surface area contributed by atoms with Gasteiger partial charge in [0.15, 0.2) is 5.82 Å². The average molecular weight is 570 g/mol. The molecular weight excluding hydrogens is 524 g/mol. The molecule has 2 unspecified atom stereocenters. The average Bonchev–Trinajstić information content (AvgIpc) is 2.93. The van der Waals surface area contributed by atoms with Crippen LogP contribution in [0.15, 0.2) is 30.6 Å². The maximum Gasteiger partial charge on any atom is 0.252 e. The first-order valence-electron chi connectivity index (χ1n) is 14.9. The molecule has 0 bridgehead atoms. The molecule has 1 aliphatic rings. The van der Waals surface area contributed by atoms with Crippen molar-refractivity contribution in [3.63, 3.8) is 0 Å². The van der Waals surface area contributed by atoms with Gasteiger partial charge in [-0.15, -0.1) is 0 Å². The number of nitrogens with zero attached hydrogens (tertiary/aromatic N) is 5. The second kappa shape index (κ2) is 14.2. The summed E-state index contributed by atoms with van der Waals surface area (Å²) < 4.78 is 30.9. The van der Waals surface area contributed by atoms with Crippen molar-refractivity contribution in [1.29, 1.82) is 5.26 Å². The first-order chi connectivity index (χ1) is 19.4. The van der Waals surface area contributed by atoms with Gasteiger partial charge in [-0.3, -0.25) is 14.7 Å². The van der Waals surface area contributed by atoms with Crippen LogP contribution in [0.4, 0.5) is 20.3 Å². The van der Waals surface area contributed by atoms with E-state index in [1.165, 1.54) is 12.4 Å². The molecule has 1 aromatic carbocycles. The predicted octanol–water partition coefficient (Wildman–Crippen LogP) is 6.77. The molecule has 2 atom stereocenters. The van der Waals surface area contributed by atoms with Gasteiger partial charge in [0.2, 0.25) is 5.91 Å². The Labute approximate surface area is 243 Å². The van der Waals surface area contributed by atoms with Crippen molar-refractivity contribution in [2.75, 3.05) is 29.4 Å². The molecule has 1 amide bonds. The minimum Gasteiger partial charge on any atom is -0.384 e. The third kappa shape index (κ3) is 8.68. The molecular formula is C32H45F2N5O2. The number of amides is 1. The number of rotatable bonds is 13. The number of anilines is 2. The van der Waals surface area contributed by atoms with E-state index in [2.05, 4.69) is 23.0 Å². The van der Waals surface area contributed by atoms with Crippen molar-refractivity contribution in [1.82, 2.24) is 9.97 Å². The van der Waals surface area contributed by atoms with Crippen LogP contribution in [0.5, 0.6) is 0 Å². The molecule has 41 heavy (non-hydrogen) atoms. The van der Waals surface area contributed by atoms with Crippen LogP contribution in [0, 0.1) is 30.1 Å². The van der Waals surface area contributed by atoms with Crippen LogP contribution in [-0.4, -0.2) is 46.5 Å². The predicted molar refractivity (Wildman–Crippen MR) is 158 cm³/mol. The van der Waals surface area contributed by atoms with Crippen molar-refractivity contribution in [2.24, 2.45) is 11.8 Å². The number of carbonyl (C=O) groups is 1. The topological polar surface area (TPSA) is 93.3 Å². The molecule has 0 radical (unpaired) electrons. The quantitative estimate of drug-likeness (QED) is 0.268. The van der Waals surface area contributed by atoms with Crippen LogP contribution in [0.2, 0.25) is 0 Å². The van der Waals surface area contributed by atoms with Crippen molar-refractivity contribution in [3.05, 3.63) is 47.4 Å². The molecule has 3 rings (SSSR count). The summed E-state index contributed by atoms with van der Waals surface area (Å²) in [7, 11) is 0. The van der Waals surface area contributed by atoms with Crippen molar-refractivity contribution < 1.29 is 18.7 Å². The van der Waals surface area contributed by atoms with Crippen LogP contribution in [0.3, 0.4) is 0 Å². The molecule has 1 heterocycles. The van der Waals surface area contributed by atoms with E-state index in [1.54, 1.807) is 30.9 Å². The second-order valence-corrected chi connectivity index (χ2v) is 11.9. The molecule has 1 aliphatic carbocycles. The van der Waals surface area contributed by atoms with Gasteiger partial charge in [0.25, 0.3) is 5.92 Å². The standard InChI is InChI=1S/C32H45F2N5O2/c1-6-8-9-15-38(27-17-24(18-35)12-11-23(27)3)22-26-16-25(13-14-32(26,33)34)21-39(30(40)10-7-2)29-20-36-28(19-37-29)31(4,5)41/h11-12,17,19-20,25-26,41H,6-10,13-16,21-22H2,1-5H3. The third-order valence-corrected chi connectivity index (χ3v) is 8.00. The highest BCUT2D eigenvalue weighted by atomic mass is 19.3. The zero-order chi connectivity index (χ0) is 30.2. The van der Waals surface area contributed by atoms with Gasteiger partial charge < -0.3 is 10.0 Å². The Morgan fingerprint density at radius 2 is 1.93 bits per heavy atom. The molecule has 1 fully saturated rings. The number of aryl methyl sites for hydroxylation is 1. The van der Waals surface area contributed by atoms with E-state index in [1.807, 2.05) is 24.8 Å². The molecule has 224 valence electrons. The van der Waals surface area contributed by atoms with Gasteiger partial charge in [-0.25, -0.2) is 13.8 Å². The van der Waals surface area contributed by atoms with Crippen LogP contribution in [0.1, 0.15) is 95.9 Å². The molecule has 0 saturated heterocycles. The van der Waals surface area contributed by atoms with E-state index in [0.29, 0.717) is 49.4 Å². The lowest BCUT2D eigenvalue weighted by Gasteiger charge is -2.41. The highest BCUT2D eigenvalue weighted by Gasteiger charge is 2.45. The summed E-state index contributed by atoms with van der Waals surface area (Å²) in [5.74, 6) is -3.58. The SMILES string of the molecule is CCCCCN(CC1CC(CN(C(=O)CCC)c2cnc(C(C)(C)O)cn2)CCC1(F)F)c1cc(C#N)ccc1C. The van der Waals surface area contributed by atoms with E-state index >= 15 is 8.78 Å². The number of alkyl halides is 2. The Hall–Kier alpha value is -3.12. The minimum atomic E-state index is -2.83. The van der Waals surface area contributed by atoms with E-state index in [9.17, 15) is 15.2 Å². The van der Waals surface area contributed by atoms with Gasteiger partial charge in [-0.1, -0.05) is 32.8 Å². The molecule has 1 N–H and O–H groups in total. The van der Waals surface area contributed by atoms with Crippen LogP contribution in [0.25, 0.3) is 0 Å². The van der Waals surface area contributed by atoms with Gasteiger partial charge in [-0.05, 0) is 70.1 Å². The highest BCUT2D eigenvalue weighted by Crippen LogP contribution is 2.43. The van der Waals surface area contributed by atoms with Crippen molar-refractivity contribution in [2.45, 2.75) is 97.5 Å². The van der Waals surface area contributed by atoms with Gasteiger partial charge >= 0.3 is 0 Å². The lowest BCUT2D eigenvalue weighted by molar-refractivity contribution is -0.119.